The topological polar surface area (TPSA) is 98.5 Å². The van der Waals surface area contributed by atoms with E-state index >= 15 is 0 Å². The van der Waals surface area contributed by atoms with E-state index in [4.69, 9.17) is 10.4 Å². The molecule has 84 valence electrons. The third kappa shape index (κ3) is 2.27. The molecule has 0 bridgehead atoms. The Labute approximate surface area is 88.2 Å². The van der Waals surface area contributed by atoms with Crippen LogP contribution in [0.4, 0.5) is 0 Å². The first-order valence-corrected chi connectivity index (χ1v) is 6.10. The molecule has 2 atom stereocenters. The summed E-state index contributed by atoms with van der Waals surface area (Å²) in [7, 11) is -3.62. The molecule has 1 aliphatic rings. The fraction of sp³-hybridized carbons (Fsp3) is 0.750. The molecule has 1 fully saturated rings. The standard InChI is InChI=1S/C8H12N2O4S/c1-6-7(8(11)12)2-4-10(6)15(13,14)5-3-9/h6-7H,2,4-5H2,1H3,(H,11,12). The van der Waals surface area contributed by atoms with E-state index in [0.717, 1.165) is 4.31 Å². The summed E-state index contributed by atoms with van der Waals surface area (Å²) in [6.07, 6.45) is 0.307. The van der Waals surface area contributed by atoms with Crippen molar-refractivity contribution in [3.63, 3.8) is 0 Å². The fourth-order valence-electron chi connectivity index (χ4n) is 1.80. The average Bonchev–Trinajstić information content (AvgIpc) is 2.47. The third-order valence-corrected chi connectivity index (χ3v) is 4.34. The van der Waals surface area contributed by atoms with Gasteiger partial charge < -0.3 is 5.11 Å². The molecule has 0 aliphatic carbocycles. The zero-order valence-corrected chi connectivity index (χ0v) is 9.07. The van der Waals surface area contributed by atoms with E-state index in [1.165, 1.54) is 0 Å². The molecule has 7 heteroatoms. The number of carboxylic acids is 1. The van der Waals surface area contributed by atoms with Gasteiger partial charge in [-0.05, 0) is 13.3 Å². The summed E-state index contributed by atoms with van der Waals surface area (Å²) >= 11 is 0. The van der Waals surface area contributed by atoms with Gasteiger partial charge >= 0.3 is 5.97 Å². The number of sulfonamides is 1. The van der Waals surface area contributed by atoms with Gasteiger partial charge in [0.1, 0.15) is 0 Å². The van der Waals surface area contributed by atoms with Crippen LogP contribution in [0.1, 0.15) is 13.3 Å². The maximum absolute atomic E-state index is 11.5. The minimum atomic E-state index is -3.62. The predicted octanol–water partition coefficient (Wildman–Crippen LogP) is -0.365. The van der Waals surface area contributed by atoms with Gasteiger partial charge in [0.05, 0.1) is 12.0 Å². The van der Waals surface area contributed by atoms with Crippen LogP contribution in [0.25, 0.3) is 0 Å². The van der Waals surface area contributed by atoms with Crippen LogP contribution in [0.2, 0.25) is 0 Å². The monoisotopic (exact) mass is 232 g/mol. The molecule has 2 unspecified atom stereocenters. The van der Waals surface area contributed by atoms with Gasteiger partial charge in [-0.25, -0.2) is 8.42 Å². The second-order valence-corrected chi connectivity index (χ2v) is 5.42. The Morgan fingerprint density at radius 3 is 2.67 bits per heavy atom. The Kier molecular flexibility index (Phi) is 3.31. The van der Waals surface area contributed by atoms with Crippen molar-refractivity contribution < 1.29 is 18.3 Å². The SMILES string of the molecule is CC1C(C(=O)O)CCN1S(=O)(=O)CC#N. The molecule has 1 rings (SSSR count). The molecular weight excluding hydrogens is 220 g/mol. The largest absolute Gasteiger partial charge is 0.481 e. The molecule has 0 aromatic carbocycles. The molecule has 1 aliphatic heterocycles. The van der Waals surface area contributed by atoms with E-state index in [1.807, 2.05) is 0 Å². The van der Waals surface area contributed by atoms with E-state index in [1.54, 1.807) is 13.0 Å². The number of hydrogen-bond acceptors (Lipinski definition) is 4. The van der Waals surface area contributed by atoms with E-state index in [2.05, 4.69) is 0 Å². The lowest BCUT2D eigenvalue weighted by Gasteiger charge is -2.21. The number of carbonyl (C=O) groups is 1. The Bertz CT molecular complexity index is 397. The molecule has 15 heavy (non-hydrogen) atoms. The number of nitriles is 1. The zero-order chi connectivity index (χ0) is 11.6. The lowest BCUT2D eigenvalue weighted by molar-refractivity contribution is -0.142. The van der Waals surface area contributed by atoms with Crippen molar-refractivity contribution in [2.24, 2.45) is 5.92 Å². The summed E-state index contributed by atoms with van der Waals surface area (Å²) in [5.41, 5.74) is 0. The molecule has 1 N–H and O–H groups in total. The second kappa shape index (κ2) is 4.16. The van der Waals surface area contributed by atoms with Crippen molar-refractivity contribution in [2.75, 3.05) is 12.3 Å². The van der Waals surface area contributed by atoms with E-state index < -0.39 is 33.7 Å². The molecule has 6 nitrogen and oxygen atoms in total. The van der Waals surface area contributed by atoms with Crippen LogP contribution in [0.3, 0.4) is 0 Å². The molecule has 0 radical (unpaired) electrons. The highest BCUT2D eigenvalue weighted by molar-refractivity contribution is 7.89. The van der Waals surface area contributed by atoms with Crippen LogP contribution >= 0.6 is 0 Å². The lowest BCUT2D eigenvalue weighted by Crippen LogP contribution is -2.38. The Morgan fingerprint density at radius 2 is 2.27 bits per heavy atom. The van der Waals surface area contributed by atoms with Crippen molar-refractivity contribution in [3.8, 4) is 6.07 Å². The Morgan fingerprint density at radius 1 is 1.67 bits per heavy atom. The highest BCUT2D eigenvalue weighted by Crippen LogP contribution is 2.26. The van der Waals surface area contributed by atoms with Crippen LogP contribution in [-0.2, 0) is 14.8 Å². The van der Waals surface area contributed by atoms with Gasteiger partial charge in [0, 0.05) is 12.6 Å². The van der Waals surface area contributed by atoms with Crippen LogP contribution in [0.15, 0.2) is 0 Å². The van der Waals surface area contributed by atoms with E-state index in [9.17, 15) is 13.2 Å². The first-order valence-electron chi connectivity index (χ1n) is 4.49. The minimum absolute atomic E-state index is 0.183. The zero-order valence-electron chi connectivity index (χ0n) is 8.25. The van der Waals surface area contributed by atoms with Crippen molar-refractivity contribution in [3.05, 3.63) is 0 Å². The second-order valence-electron chi connectivity index (χ2n) is 3.50. The summed E-state index contributed by atoms with van der Waals surface area (Å²) < 4.78 is 24.1. The van der Waals surface area contributed by atoms with E-state index in [0.29, 0.717) is 6.42 Å². The average molecular weight is 232 g/mol. The van der Waals surface area contributed by atoms with Gasteiger partial charge in [0.2, 0.25) is 10.0 Å². The number of carboxylic acid groups (broad SMARTS) is 1. The number of hydrogen-bond donors (Lipinski definition) is 1. The smallest absolute Gasteiger partial charge is 0.308 e. The summed E-state index contributed by atoms with van der Waals surface area (Å²) in [5.74, 6) is -2.25. The Balaban J connectivity index is 2.85. The van der Waals surface area contributed by atoms with Crippen molar-refractivity contribution in [1.29, 1.82) is 5.26 Å². The van der Waals surface area contributed by atoms with Gasteiger partial charge in [-0.3, -0.25) is 4.79 Å². The first kappa shape index (κ1) is 11.9. The van der Waals surface area contributed by atoms with Crippen molar-refractivity contribution in [1.82, 2.24) is 4.31 Å². The quantitative estimate of drug-likeness (QED) is 0.716. The summed E-state index contributed by atoms with van der Waals surface area (Å²) in [4.78, 5) is 10.8. The maximum Gasteiger partial charge on any atom is 0.308 e. The Hall–Kier alpha value is -1.13. The van der Waals surface area contributed by atoms with E-state index in [-0.39, 0.29) is 6.54 Å². The molecular formula is C8H12N2O4S. The highest BCUT2D eigenvalue weighted by atomic mass is 32.2. The highest BCUT2D eigenvalue weighted by Gasteiger charge is 2.41. The van der Waals surface area contributed by atoms with Crippen molar-refractivity contribution in [2.45, 2.75) is 19.4 Å². The lowest BCUT2D eigenvalue weighted by atomic mass is 10.0. The van der Waals surface area contributed by atoms with Gasteiger partial charge in [-0.15, -0.1) is 0 Å². The van der Waals surface area contributed by atoms with Crippen LogP contribution < -0.4 is 0 Å². The molecule has 1 heterocycles. The van der Waals surface area contributed by atoms with Crippen LogP contribution in [-0.4, -0.2) is 42.1 Å². The molecule has 0 spiro atoms. The normalized spacial score (nSPS) is 27.5. The minimum Gasteiger partial charge on any atom is -0.481 e. The number of nitrogens with zero attached hydrogens (tertiary/aromatic N) is 2. The molecule has 0 amide bonds. The van der Waals surface area contributed by atoms with Gasteiger partial charge in [-0.2, -0.15) is 9.57 Å². The van der Waals surface area contributed by atoms with Gasteiger partial charge in [0.15, 0.2) is 5.75 Å². The van der Waals surface area contributed by atoms with Crippen molar-refractivity contribution >= 4 is 16.0 Å². The summed E-state index contributed by atoms with van der Waals surface area (Å²) in [5, 5.41) is 17.2. The summed E-state index contributed by atoms with van der Waals surface area (Å²) in [6, 6.07) is 1.00. The van der Waals surface area contributed by atoms with Gasteiger partial charge in [0.25, 0.3) is 0 Å². The molecule has 1 saturated heterocycles. The predicted molar refractivity (Wildman–Crippen MR) is 51.3 cm³/mol. The third-order valence-electron chi connectivity index (χ3n) is 2.62. The van der Waals surface area contributed by atoms with Gasteiger partial charge in [-0.1, -0.05) is 0 Å². The van der Waals surface area contributed by atoms with Crippen LogP contribution in [0.5, 0.6) is 0 Å². The fourth-order valence-corrected chi connectivity index (χ4v) is 3.16. The maximum atomic E-state index is 11.5. The first-order chi connectivity index (χ1) is 6.90. The molecule has 0 aromatic rings. The molecule has 0 saturated carbocycles. The number of aliphatic carboxylic acids is 1. The number of rotatable bonds is 3. The summed E-state index contributed by atoms with van der Waals surface area (Å²) in [6.45, 7) is 1.74. The van der Waals surface area contributed by atoms with Crippen LogP contribution in [0, 0.1) is 17.2 Å². The molecule has 0 aromatic heterocycles.